The van der Waals surface area contributed by atoms with Gasteiger partial charge < -0.3 is 4.74 Å². The molecule has 33 heavy (non-hydrogen) atoms. The van der Waals surface area contributed by atoms with E-state index in [4.69, 9.17) is 16.3 Å². The summed E-state index contributed by atoms with van der Waals surface area (Å²) >= 11 is 5.96. The smallest absolute Gasteiger partial charge is 0.119 e. The summed E-state index contributed by atoms with van der Waals surface area (Å²) in [7, 11) is 0. The lowest BCUT2D eigenvalue weighted by Gasteiger charge is -2.41. The normalized spacial score (nSPS) is 20.7. The Hall–Kier alpha value is -2.80. The van der Waals surface area contributed by atoms with Gasteiger partial charge in [0.05, 0.1) is 0 Å². The largest absolute Gasteiger partial charge is 0.492 e. The number of likely N-dealkylation sites (tertiary alicyclic amines) is 1. The maximum Gasteiger partial charge on any atom is 0.119 e. The zero-order chi connectivity index (χ0) is 23.2. The fourth-order valence-electron chi connectivity index (χ4n) is 4.73. The number of hydrogen-bond donors (Lipinski definition) is 0. The van der Waals surface area contributed by atoms with Gasteiger partial charge in [0, 0.05) is 41.0 Å². The van der Waals surface area contributed by atoms with Crippen LogP contribution < -0.4 is 4.74 Å². The lowest BCUT2D eigenvalue weighted by molar-refractivity contribution is 0.0616. The molecule has 1 fully saturated rings. The van der Waals surface area contributed by atoms with Crippen molar-refractivity contribution in [2.45, 2.75) is 45.7 Å². The molecule has 0 saturated carbocycles. The van der Waals surface area contributed by atoms with Crippen molar-refractivity contribution in [2.75, 3.05) is 13.2 Å². The van der Waals surface area contributed by atoms with E-state index in [0.29, 0.717) is 18.7 Å². The number of ether oxygens (including phenoxy) is 1. The molecule has 2 atom stereocenters. The van der Waals surface area contributed by atoms with Gasteiger partial charge in [0.25, 0.3) is 0 Å². The molecule has 0 amide bonds. The molecule has 4 rings (SSSR count). The van der Waals surface area contributed by atoms with Crippen molar-refractivity contribution < 1.29 is 4.74 Å². The quantitative estimate of drug-likeness (QED) is 0.398. The molecule has 1 aliphatic rings. The predicted octanol–water partition coefficient (Wildman–Crippen LogP) is 6.69. The minimum Gasteiger partial charge on any atom is -0.492 e. The molecular formula is C29H31ClN2O. The first kappa shape index (κ1) is 23.4. The summed E-state index contributed by atoms with van der Waals surface area (Å²) in [5.74, 6) is 8.03. The molecule has 1 aliphatic heterocycles. The minimum atomic E-state index is 0.624. The number of piperidine rings is 1. The van der Waals surface area contributed by atoms with Crippen LogP contribution in [-0.2, 0) is 0 Å². The monoisotopic (exact) mass is 458 g/mol. The summed E-state index contributed by atoms with van der Waals surface area (Å²) in [4.78, 5) is 7.05. The summed E-state index contributed by atoms with van der Waals surface area (Å²) < 4.78 is 6.00. The highest BCUT2D eigenvalue weighted by Crippen LogP contribution is 2.27. The third kappa shape index (κ3) is 6.38. The molecule has 3 nitrogen and oxygen atoms in total. The molecule has 0 N–H and O–H groups in total. The second kappa shape index (κ2) is 10.9. The Morgan fingerprint density at radius 3 is 2.18 bits per heavy atom. The van der Waals surface area contributed by atoms with Gasteiger partial charge in [0.2, 0.25) is 0 Å². The fraction of sp³-hybridized carbons (Fsp3) is 0.345. The Morgan fingerprint density at radius 2 is 1.55 bits per heavy atom. The highest BCUT2D eigenvalue weighted by molar-refractivity contribution is 6.30. The molecule has 1 saturated heterocycles. The van der Waals surface area contributed by atoms with Crippen LogP contribution in [0, 0.1) is 17.8 Å². The molecule has 1 aromatic heterocycles. The molecule has 0 radical (unpaired) electrons. The van der Waals surface area contributed by atoms with Gasteiger partial charge >= 0.3 is 0 Å². The Labute approximate surface area is 202 Å². The van der Waals surface area contributed by atoms with Crippen molar-refractivity contribution in [3.63, 3.8) is 0 Å². The number of benzene rings is 2. The second-order valence-corrected chi connectivity index (χ2v) is 9.51. The molecule has 2 heterocycles. The molecule has 0 aliphatic carbocycles. The third-order valence-corrected chi connectivity index (χ3v) is 6.62. The molecular weight excluding hydrogens is 428 g/mol. The summed E-state index contributed by atoms with van der Waals surface area (Å²) in [5, 5.41) is 0.728. The van der Waals surface area contributed by atoms with E-state index < -0.39 is 0 Å². The zero-order valence-corrected chi connectivity index (χ0v) is 20.3. The average Bonchev–Trinajstić information content (AvgIpc) is 2.81. The Bertz CT molecular complexity index is 1090. The average molecular weight is 459 g/mol. The van der Waals surface area contributed by atoms with E-state index >= 15 is 0 Å². The van der Waals surface area contributed by atoms with Crippen LogP contribution in [0.1, 0.15) is 44.9 Å². The Morgan fingerprint density at radius 1 is 0.879 bits per heavy atom. The number of pyridine rings is 1. The summed E-state index contributed by atoms with van der Waals surface area (Å²) in [6.07, 6.45) is 4.39. The number of aromatic nitrogens is 1. The van der Waals surface area contributed by atoms with Crippen molar-refractivity contribution >= 4 is 11.6 Å². The first-order valence-electron chi connectivity index (χ1n) is 11.7. The highest BCUT2D eigenvalue weighted by atomic mass is 35.5. The molecule has 3 aromatic rings. The zero-order valence-electron chi connectivity index (χ0n) is 19.6. The van der Waals surface area contributed by atoms with Gasteiger partial charge in [0.1, 0.15) is 18.1 Å². The lowest BCUT2D eigenvalue weighted by Crippen LogP contribution is -2.47. The van der Waals surface area contributed by atoms with Gasteiger partial charge in [-0.2, -0.15) is 0 Å². The van der Waals surface area contributed by atoms with E-state index in [0.717, 1.165) is 45.6 Å². The van der Waals surface area contributed by atoms with Crippen LogP contribution >= 0.6 is 11.6 Å². The van der Waals surface area contributed by atoms with Gasteiger partial charge in [-0.1, -0.05) is 42.6 Å². The second-order valence-electron chi connectivity index (χ2n) is 9.07. The maximum atomic E-state index is 6.00. The number of halogens is 1. The van der Waals surface area contributed by atoms with Crippen molar-refractivity contribution in [2.24, 2.45) is 5.92 Å². The van der Waals surface area contributed by atoms with Gasteiger partial charge in [-0.25, -0.2) is 4.98 Å². The van der Waals surface area contributed by atoms with Gasteiger partial charge in [-0.3, -0.25) is 4.90 Å². The van der Waals surface area contributed by atoms with E-state index in [-0.39, 0.29) is 0 Å². The van der Waals surface area contributed by atoms with Crippen molar-refractivity contribution in [3.05, 3.63) is 83.1 Å². The van der Waals surface area contributed by atoms with Gasteiger partial charge in [0.15, 0.2) is 0 Å². The number of rotatable bonds is 5. The molecule has 2 unspecified atom stereocenters. The topological polar surface area (TPSA) is 25.4 Å². The first-order chi connectivity index (χ1) is 16.0. The maximum absolute atomic E-state index is 6.00. The molecule has 0 bridgehead atoms. The van der Waals surface area contributed by atoms with E-state index in [1.54, 1.807) is 0 Å². The van der Waals surface area contributed by atoms with Crippen LogP contribution in [0.2, 0.25) is 5.02 Å². The van der Waals surface area contributed by atoms with Crippen molar-refractivity contribution in [3.8, 4) is 28.7 Å². The SMILES string of the molecule is CC1CC(C)N(CCOc2ccc(C#Cc3ccc(-c4ccc(Cl)cc4)cn3)cc2)C(C)C1. The van der Waals surface area contributed by atoms with E-state index in [1.165, 1.54) is 12.8 Å². The number of hydrogen-bond acceptors (Lipinski definition) is 3. The summed E-state index contributed by atoms with van der Waals surface area (Å²) in [6, 6.07) is 20.9. The molecule has 0 spiro atoms. The lowest BCUT2D eigenvalue weighted by atomic mass is 9.88. The molecule has 170 valence electrons. The van der Waals surface area contributed by atoms with Crippen LogP contribution in [-0.4, -0.2) is 35.1 Å². The number of nitrogens with zero attached hydrogens (tertiary/aromatic N) is 2. The van der Waals surface area contributed by atoms with E-state index in [1.807, 2.05) is 66.9 Å². The van der Waals surface area contributed by atoms with E-state index in [2.05, 4.69) is 42.5 Å². The van der Waals surface area contributed by atoms with Crippen LogP contribution in [0.15, 0.2) is 66.9 Å². The van der Waals surface area contributed by atoms with Crippen molar-refractivity contribution in [1.82, 2.24) is 9.88 Å². The van der Waals surface area contributed by atoms with Gasteiger partial charge in [-0.15, -0.1) is 0 Å². The minimum absolute atomic E-state index is 0.624. The Balaban J connectivity index is 1.30. The predicted molar refractivity (Wildman–Crippen MR) is 137 cm³/mol. The first-order valence-corrected chi connectivity index (χ1v) is 12.1. The summed E-state index contributed by atoms with van der Waals surface area (Å²) in [5.41, 5.74) is 3.81. The Kier molecular flexibility index (Phi) is 7.70. The van der Waals surface area contributed by atoms with Crippen LogP contribution in [0.4, 0.5) is 0 Å². The molecule has 2 aromatic carbocycles. The summed E-state index contributed by atoms with van der Waals surface area (Å²) in [6.45, 7) is 8.70. The van der Waals surface area contributed by atoms with Crippen LogP contribution in [0.25, 0.3) is 11.1 Å². The molecule has 4 heteroatoms. The fourth-order valence-corrected chi connectivity index (χ4v) is 4.85. The van der Waals surface area contributed by atoms with Gasteiger partial charge in [-0.05, 0) is 86.6 Å². The van der Waals surface area contributed by atoms with Crippen LogP contribution in [0.5, 0.6) is 5.75 Å². The van der Waals surface area contributed by atoms with Crippen LogP contribution in [0.3, 0.4) is 0 Å². The highest BCUT2D eigenvalue weighted by Gasteiger charge is 2.28. The van der Waals surface area contributed by atoms with E-state index in [9.17, 15) is 0 Å². The van der Waals surface area contributed by atoms with Crippen molar-refractivity contribution in [1.29, 1.82) is 0 Å². The third-order valence-electron chi connectivity index (χ3n) is 6.37. The standard InChI is InChI=1S/C29H31ClN2O/c1-21-18-22(2)32(23(3)19-21)16-17-33-29-14-5-24(6-15-29)4-12-28-13-9-26(20-31-28)25-7-10-27(30)11-8-25/h5-11,13-15,20-23H,16-19H2,1-3H3.